The number of alkyl halides is 3. The molecule has 2 fully saturated rings. The second-order valence-electron chi connectivity index (χ2n) is 8.19. The van der Waals surface area contributed by atoms with Gasteiger partial charge in [-0.1, -0.05) is 18.2 Å². The summed E-state index contributed by atoms with van der Waals surface area (Å²) in [7, 11) is 0. The maximum atomic E-state index is 14.5. The Kier molecular flexibility index (Phi) is 6.08. The van der Waals surface area contributed by atoms with Gasteiger partial charge in [0.15, 0.2) is 0 Å². The zero-order chi connectivity index (χ0) is 22.9. The summed E-state index contributed by atoms with van der Waals surface area (Å²) in [6.07, 6.45) is -2.56. The maximum Gasteiger partial charge on any atom is 0.416 e. The lowest BCUT2D eigenvalue weighted by atomic mass is 10.1. The fourth-order valence-corrected chi connectivity index (χ4v) is 4.25. The van der Waals surface area contributed by atoms with Crippen molar-refractivity contribution >= 4 is 23.2 Å². The highest BCUT2D eigenvalue weighted by Crippen LogP contribution is 2.33. The summed E-state index contributed by atoms with van der Waals surface area (Å²) in [6, 6.07) is 9.39. The summed E-state index contributed by atoms with van der Waals surface area (Å²) < 4.78 is 53.3. The van der Waals surface area contributed by atoms with E-state index in [0.717, 1.165) is 38.1 Å². The molecule has 2 aromatic rings. The highest BCUT2D eigenvalue weighted by molar-refractivity contribution is 5.99. The average Bonchev–Trinajstić information content (AvgIpc) is 3.40. The molecule has 32 heavy (non-hydrogen) atoms. The molecule has 170 valence electrons. The molecule has 2 aliphatic heterocycles. The van der Waals surface area contributed by atoms with Crippen molar-refractivity contribution in [3.63, 3.8) is 0 Å². The van der Waals surface area contributed by atoms with Gasteiger partial charge in [0.1, 0.15) is 11.5 Å². The fourth-order valence-electron chi connectivity index (χ4n) is 4.25. The molecule has 4 rings (SSSR count). The Morgan fingerprint density at radius 3 is 2.53 bits per heavy atom. The lowest BCUT2D eigenvalue weighted by molar-refractivity contribution is -0.137. The first-order valence-electron chi connectivity index (χ1n) is 10.5. The molecule has 0 aliphatic carbocycles. The Morgan fingerprint density at radius 2 is 1.81 bits per heavy atom. The van der Waals surface area contributed by atoms with Gasteiger partial charge in [-0.25, -0.2) is 4.39 Å². The molecular formula is C23H23F4N3O2. The van der Waals surface area contributed by atoms with Crippen molar-refractivity contribution in [2.75, 3.05) is 29.9 Å². The van der Waals surface area contributed by atoms with Crippen LogP contribution in [0.1, 0.15) is 30.4 Å². The molecule has 2 amide bonds. The standard InChI is InChI=1S/C23H23F4N3O2/c24-18-7-4-8-19(29-9-1-2-10-29)21(18)28-22(32)16-12-20(31)30(14-16)13-15-5-3-6-17(11-15)23(25,26)27/h3-8,11,16H,1-2,9-10,12-14H2,(H,28,32). The number of nitrogens with zero attached hydrogens (tertiary/aromatic N) is 2. The number of hydrogen-bond donors (Lipinski definition) is 1. The number of carbonyl (C=O) groups excluding carboxylic acids is 2. The maximum absolute atomic E-state index is 14.5. The first kappa shape index (κ1) is 22.1. The predicted molar refractivity (Wildman–Crippen MR) is 111 cm³/mol. The second kappa shape index (κ2) is 8.80. The summed E-state index contributed by atoms with van der Waals surface area (Å²) >= 11 is 0. The number of hydrogen-bond acceptors (Lipinski definition) is 3. The molecular weight excluding hydrogens is 426 g/mol. The monoisotopic (exact) mass is 449 g/mol. The topological polar surface area (TPSA) is 52.7 Å². The number of benzene rings is 2. The summed E-state index contributed by atoms with van der Waals surface area (Å²) in [5.74, 6) is -2.06. The zero-order valence-electron chi connectivity index (χ0n) is 17.3. The lowest BCUT2D eigenvalue weighted by Crippen LogP contribution is -2.29. The van der Waals surface area contributed by atoms with Crippen molar-refractivity contribution in [3.05, 3.63) is 59.4 Å². The van der Waals surface area contributed by atoms with E-state index >= 15 is 0 Å². The van der Waals surface area contributed by atoms with Crippen LogP contribution in [0.4, 0.5) is 28.9 Å². The lowest BCUT2D eigenvalue weighted by Gasteiger charge is -2.23. The van der Waals surface area contributed by atoms with E-state index in [-0.39, 0.29) is 31.1 Å². The van der Waals surface area contributed by atoms with Gasteiger partial charge in [-0.15, -0.1) is 0 Å². The smallest absolute Gasteiger partial charge is 0.370 e. The predicted octanol–water partition coefficient (Wildman–Crippen LogP) is 4.43. The first-order valence-corrected chi connectivity index (χ1v) is 10.5. The van der Waals surface area contributed by atoms with Crippen LogP contribution in [0.15, 0.2) is 42.5 Å². The van der Waals surface area contributed by atoms with Crippen LogP contribution in [0.25, 0.3) is 0 Å². The minimum absolute atomic E-state index is 0.0226. The van der Waals surface area contributed by atoms with E-state index in [2.05, 4.69) is 5.32 Å². The van der Waals surface area contributed by atoms with Crippen molar-refractivity contribution in [1.82, 2.24) is 4.90 Å². The van der Waals surface area contributed by atoms with Crippen molar-refractivity contribution < 1.29 is 27.2 Å². The molecule has 0 spiro atoms. The molecule has 0 radical (unpaired) electrons. The Labute approximate surface area is 183 Å². The molecule has 1 unspecified atom stereocenters. The minimum Gasteiger partial charge on any atom is -0.370 e. The van der Waals surface area contributed by atoms with Crippen LogP contribution < -0.4 is 10.2 Å². The number of rotatable bonds is 5. The van der Waals surface area contributed by atoms with Gasteiger partial charge in [0.2, 0.25) is 11.8 Å². The van der Waals surface area contributed by atoms with Gasteiger partial charge >= 0.3 is 6.18 Å². The van der Waals surface area contributed by atoms with Gasteiger partial charge in [-0.2, -0.15) is 13.2 Å². The van der Waals surface area contributed by atoms with Gasteiger partial charge < -0.3 is 15.1 Å². The fraction of sp³-hybridized carbons (Fsp3) is 0.391. The van der Waals surface area contributed by atoms with E-state index in [0.29, 0.717) is 11.3 Å². The van der Waals surface area contributed by atoms with Crippen LogP contribution >= 0.6 is 0 Å². The van der Waals surface area contributed by atoms with Crippen molar-refractivity contribution in [2.24, 2.45) is 5.92 Å². The van der Waals surface area contributed by atoms with Crippen LogP contribution in [0, 0.1) is 11.7 Å². The Hall–Kier alpha value is -3.10. The minimum atomic E-state index is -4.47. The van der Waals surface area contributed by atoms with Crippen molar-refractivity contribution in [3.8, 4) is 0 Å². The Balaban J connectivity index is 1.44. The molecule has 5 nitrogen and oxygen atoms in total. The van der Waals surface area contributed by atoms with Gasteiger partial charge in [0.25, 0.3) is 0 Å². The number of likely N-dealkylation sites (tertiary alicyclic amines) is 1. The summed E-state index contributed by atoms with van der Waals surface area (Å²) in [6.45, 7) is 1.59. The molecule has 0 bridgehead atoms. The van der Waals surface area contributed by atoms with Crippen molar-refractivity contribution in [1.29, 1.82) is 0 Å². The normalized spacial score (nSPS) is 19.0. The third-order valence-corrected chi connectivity index (χ3v) is 5.90. The van der Waals surface area contributed by atoms with Crippen molar-refractivity contribution in [2.45, 2.75) is 32.0 Å². The van der Waals surface area contributed by atoms with Gasteiger partial charge in [-0.05, 0) is 42.7 Å². The Bertz CT molecular complexity index is 1020. The average molecular weight is 449 g/mol. The molecule has 1 atom stereocenters. The van der Waals surface area contributed by atoms with E-state index < -0.39 is 29.4 Å². The molecule has 0 aromatic heterocycles. The van der Waals surface area contributed by atoms with E-state index in [4.69, 9.17) is 0 Å². The number of halogens is 4. The number of nitrogens with one attached hydrogen (secondary N) is 1. The third-order valence-electron chi connectivity index (χ3n) is 5.90. The number of para-hydroxylation sites is 1. The van der Waals surface area contributed by atoms with E-state index in [1.165, 1.54) is 23.1 Å². The van der Waals surface area contributed by atoms with Crippen LogP contribution in [-0.2, 0) is 22.3 Å². The van der Waals surface area contributed by atoms with Crippen LogP contribution in [0.5, 0.6) is 0 Å². The first-order chi connectivity index (χ1) is 15.2. The van der Waals surface area contributed by atoms with Crippen LogP contribution in [0.3, 0.4) is 0 Å². The van der Waals surface area contributed by atoms with Crippen LogP contribution in [0.2, 0.25) is 0 Å². The third kappa shape index (κ3) is 4.71. The molecule has 0 saturated carbocycles. The van der Waals surface area contributed by atoms with E-state index in [1.54, 1.807) is 12.1 Å². The van der Waals surface area contributed by atoms with Gasteiger partial charge in [0, 0.05) is 32.6 Å². The highest BCUT2D eigenvalue weighted by Gasteiger charge is 2.36. The van der Waals surface area contributed by atoms with E-state index in [9.17, 15) is 27.2 Å². The molecule has 9 heteroatoms. The summed E-state index contributed by atoms with van der Waals surface area (Å²) in [5, 5.41) is 2.65. The molecule has 1 N–H and O–H groups in total. The van der Waals surface area contributed by atoms with Gasteiger partial charge in [0.05, 0.1) is 17.2 Å². The number of anilines is 2. The van der Waals surface area contributed by atoms with E-state index in [1.807, 2.05) is 4.90 Å². The second-order valence-corrected chi connectivity index (χ2v) is 8.19. The van der Waals surface area contributed by atoms with Gasteiger partial charge in [-0.3, -0.25) is 9.59 Å². The number of carbonyl (C=O) groups is 2. The number of amides is 2. The largest absolute Gasteiger partial charge is 0.416 e. The molecule has 2 saturated heterocycles. The molecule has 2 aliphatic rings. The quantitative estimate of drug-likeness (QED) is 0.687. The summed E-state index contributed by atoms with van der Waals surface area (Å²) in [4.78, 5) is 28.6. The van der Waals surface area contributed by atoms with Crippen LogP contribution in [-0.4, -0.2) is 36.3 Å². The molecule has 2 heterocycles. The zero-order valence-corrected chi connectivity index (χ0v) is 17.3. The highest BCUT2D eigenvalue weighted by atomic mass is 19.4. The SMILES string of the molecule is O=C(Nc1c(F)cccc1N1CCCC1)C1CC(=O)N(Cc2cccc(C(F)(F)F)c2)C1. The summed E-state index contributed by atoms with van der Waals surface area (Å²) in [5.41, 5.74) is 0.258. The Morgan fingerprint density at radius 1 is 1.09 bits per heavy atom. The molecule has 2 aromatic carbocycles.